The zero-order valence-electron chi connectivity index (χ0n) is 12.2. The van der Waals surface area contributed by atoms with E-state index in [1.807, 2.05) is 0 Å². The Morgan fingerprint density at radius 3 is 2.74 bits per heavy atom. The van der Waals surface area contributed by atoms with Crippen molar-refractivity contribution in [2.45, 2.75) is 18.9 Å². The Morgan fingerprint density at radius 2 is 2.13 bits per heavy atom. The molecule has 2 aromatic rings. The first-order valence-electron chi connectivity index (χ1n) is 6.84. The molecule has 1 aliphatic rings. The molecule has 2 heterocycles. The molecule has 0 radical (unpaired) electrons. The second kappa shape index (κ2) is 8.76. The molecule has 124 valence electrons. The monoisotopic (exact) mass is 358 g/mol. The lowest BCUT2D eigenvalue weighted by molar-refractivity contribution is 0.102. The zero-order valence-corrected chi connectivity index (χ0v) is 13.8. The van der Waals surface area contributed by atoms with Gasteiger partial charge in [-0.05, 0) is 31.5 Å². The number of amides is 1. The number of carbonyl (C=O) groups excluding carboxylic acids is 1. The fourth-order valence-corrected chi connectivity index (χ4v) is 2.45. The van der Waals surface area contributed by atoms with Gasteiger partial charge in [-0.2, -0.15) is 0 Å². The van der Waals surface area contributed by atoms with Crippen molar-refractivity contribution in [3.8, 4) is 0 Å². The molecular formula is C15H17Cl2FN4O. The van der Waals surface area contributed by atoms with Gasteiger partial charge in [0.25, 0.3) is 5.91 Å². The highest BCUT2D eigenvalue weighted by molar-refractivity contribution is 6.02. The first-order valence-corrected chi connectivity index (χ1v) is 6.84. The first-order chi connectivity index (χ1) is 10.2. The van der Waals surface area contributed by atoms with Crippen LogP contribution in [0.15, 0.2) is 36.8 Å². The van der Waals surface area contributed by atoms with Gasteiger partial charge in [-0.1, -0.05) is 6.07 Å². The molecule has 3 rings (SSSR count). The lowest BCUT2D eigenvalue weighted by atomic mass is 10.0. The van der Waals surface area contributed by atoms with Gasteiger partial charge < -0.3 is 10.6 Å². The summed E-state index contributed by atoms with van der Waals surface area (Å²) in [6.07, 6.45) is 6.27. The first kappa shape index (κ1) is 19.3. The van der Waals surface area contributed by atoms with Gasteiger partial charge in [-0.3, -0.25) is 9.78 Å². The van der Waals surface area contributed by atoms with E-state index in [1.165, 1.54) is 24.7 Å². The van der Waals surface area contributed by atoms with Crippen LogP contribution in [0.4, 0.5) is 10.1 Å². The van der Waals surface area contributed by atoms with E-state index in [4.69, 9.17) is 0 Å². The molecule has 0 saturated carbocycles. The number of nitrogens with one attached hydrogen (secondary N) is 2. The molecule has 1 unspecified atom stereocenters. The third kappa shape index (κ3) is 4.60. The van der Waals surface area contributed by atoms with Crippen LogP contribution < -0.4 is 10.6 Å². The van der Waals surface area contributed by atoms with Crippen LogP contribution in [0.5, 0.6) is 0 Å². The van der Waals surface area contributed by atoms with Crippen LogP contribution >= 0.6 is 24.8 Å². The van der Waals surface area contributed by atoms with Crippen molar-refractivity contribution in [1.82, 2.24) is 15.3 Å². The van der Waals surface area contributed by atoms with Crippen molar-refractivity contribution < 1.29 is 9.18 Å². The van der Waals surface area contributed by atoms with E-state index >= 15 is 0 Å². The SMILES string of the molecule is Cl.Cl.O=C(Nc1ccc(C2CCCN2)c(F)c1)c1cnccn1. The molecule has 0 bridgehead atoms. The molecule has 0 spiro atoms. The topological polar surface area (TPSA) is 66.9 Å². The molecule has 8 heteroatoms. The third-order valence-corrected chi connectivity index (χ3v) is 3.49. The number of anilines is 1. The van der Waals surface area contributed by atoms with Crippen molar-refractivity contribution in [2.75, 3.05) is 11.9 Å². The molecule has 1 atom stereocenters. The molecule has 0 aliphatic carbocycles. The van der Waals surface area contributed by atoms with E-state index in [9.17, 15) is 9.18 Å². The van der Waals surface area contributed by atoms with Crippen LogP contribution in [-0.4, -0.2) is 22.4 Å². The van der Waals surface area contributed by atoms with E-state index in [1.54, 1.807) is 12.1 Å². The van der Waals surface area contributed by atoms with Gasteiger partial charge >= 0.3 is 0 Å². The molecule has 1 saturated heterocycles. The number of hydrogen-bond acceptors (Lipinski definition) is 4. The molecule has 23 heavy (non-hydrogen) atoms. The van der Waals surface area contributed by atoms with Crippen molar-refractivity contribution in [3.05, 3.63) is 53.9 Å². The summed E-state index contributed by atoms with van der Waals surface area (Å²) in [7, 11) is 0. The van der Waals surface area contributed by atoms with Gasteiger partial charge in [0.2, 0.25) is 0 Å². The van der Waals surface area contributed by atoms with Crippen LogP contribution in [0, 0.1) is 5.82 Å². The Balaban J connectivity index is 0.00000132. The Hall–Kier alpha value is -1.76. The van der Waals surface area contributed by atoms with Crippen LogP contribution in [-0.2, 0) is 0 Å². The highest BCUT2D eigenvalue weighted by atomic mass is 35.5. The van der Waals surface area contributed by atoms with Gasteiger partial charge in [0, 0.05) is 29.7 Å². The van der Waals surface area contributed by atoms with Crippen molar-refractivity contribution in [3.63, 3.8) is 0 Å². The Morgan fingerprint density at radius 1 is 1.30 bits per heavy atom. The summed E-state index contributed by atoms with van der Waals surface area (Å²) in [5.74, 6) is -0.722. The van der Waals surface area contributed by atoms with Crippen molar-refractivity contribution in [2.24, 2.45) is 0 Å². The summed E-state index contributed by atoms with van der Waals surface area (Å²) in [6, 6.07) is 4.82. The average molecular weight is 359 g/mol. The second-order valence-corrected chi connectivity index (χ2v) is 4.93. The summed E-state index contributed by atoms with van der Waals surface area (Å²) in [4.78, 5) is 19.6. The lowest BCUT2D eigenvalue weighted by Crippen LogP contribution is -2.16. The fraction of sp³-hybridized carbons (Fsp3) is 0.267. The fourth-order valence-electron chi connectivity index (χ4n) is 2.45. The molecule has 2 N–H and O–H groups in total. The maximum absolute atomic E-state index is 14.1. The number of hydrogen-bond donors (Lipinski definition) is 2. The molecule has 5 nitrogen and oxygen atoms in total. The zero-order chi connectivity index (χ0) is 14.7. The maximum atomic E-state index is 14.1. The van der Waals surface area contributed by atoms with E-state index in [0.717, 1.165) is 19.4 Å². The smallest absolute Gasteiger partial charge is 0.275 e. The summed E-state index contributed by atoms with van der Waals surface area (Å²) in [6.45, 7) is 0.912. The van der Waals surface area contributed by atoms with Gasteiger partial charge in [-0.15, -0.1) is 24.8 Å². The summed E-state index contributed by atoms with van der Waals surface area (Å²) in [5.41, 5.74) is 1.24. The Labute approximate surface area is 145 Å². The molecular weight excluding hydrogens is 342 g/mol. The lowest BCUT2D eigenvalue weighted by Gasteiger charge is -2.13. The number of halogens is 3. The van der Waals surface area contributed by atoms with Crippen LogP contribution in [0.25, 0.3) is 0 Å². The number of aromatic nitrogens is 2. The highest BCUT2D eigenvalue weighted by Gasteiger charge is 2.20. The van der Waals surface area contributed by atoms with Crippen molar-refractivity contribution in [1.29, 1.82) is 0 Å². The van der Waals surface area contributed by atoms with E-state index in [2.05, 4.69) is 20.6 Å². The van der Waals surface area contributed by atoms with Gasteiger partial charge in [-0.25, -0.2) is 9.37 Å². The minimum atomic E-state index is -0.408. The number of nitrogens with zero attached hydrogens (tertiary/aromatic N) is 2. The molecule has 1 aromatic heterocycles. The summed E-state index contributed by atoms with van der Waals surface area (Å²) in [5, 5.41) is 5.87. The van der Waals surface area contributed by atoms with Crippen LogP contribution in [0.3, 0.4) is 0 Å². The summed E-state index contributed by atoms with van der Waals surface area (Å²) >= 11 is 0. The number of rotatable bonds is 3. The van der Waals surface area contributed by atoms with Gasteiger partial charge in [0.05, 0.1) is 6.20 Å². The average Bonchev–Trinajstić information content (AvgIpc) is 3.02. The number of benzene rings is 1. The van der Waals surface area contributed by atoms with Crippen LogP contribution in [0.2, 0.25) is 0 Å². The van der Waals surface area contributed by atoms with Gasteiger partial charge in [0.1, 0.15) is 11.5 Å². The standard InChI is InChI=1S/C15H15FN4O.2ClH/c16-12-8-10(3-4-11(12)13-2-1-5-18-13)20-15(21)14-9-17-6-7-19-14;;/h3-4,6-9,13,18H,1-2,5H2,(H,20,21);2*1H. The Bertz CT molecular complexity index is 651. The Kier molecular flexibility index (Phi) is 7.35. The second-order valence-electron chi connectivity index (χ2n) is 4.93. The van der Waals surface area contributed by atoms with Crippen molar-refractivity contribution >= 4 is 36.4 Å². The minimum Gasteiger partial charge on any atom is -0.321 e. The number of carbonyl (C=O) groups is 1. The predicted molar refractivity (Wildman–Crippen MR) is 90.9 cm³/mol. The quantitative estimate of drug-likeness (QED) is 0.884. The largest absolute Gasteiger partial charge is 0.321 e. The highest BCUT2D eigenvalue weighted by Crippen LogP contribution is 2.27. The van der Waals surface area contributed by atoms with E-state index in [-0.39, 0.29) is 42.4 Å². The minimum absolute atomic E-state index is 0. The predicted octanol–water partition coefficient (Wildman–Crippen LogP) is 3.14. The molecule has 1 fully saturated rings. The molecule has 1 aromatic carbocycles. The maximum Gasteiger partial charge on any atom is 0.275 e. The molecule has 1 aliphatic heterocycles. The van der Waals surface area contributed by atoms with E-state index in [0.29, 0.717) is 11.3 Å². The third-order valence-electron chi connectivity index (χ3n) is 3.49. The molecule has 1 amide bonds. The summed E-state index contributed by atoms with van der Waals surface area (Å²) < 4.78 is 14.1. The van der Waals surface area contributed by atoms with Crippen LogP contribution in [0.1, 0.15) is 34.9 Å². The normalized spacial score (nSPS) is 16.1. The van der Waals surface area contributed by atoms with Gasteiger partial charge in [0.15, 0.2) is 0 Å². The van der Waals surface area contributed by atoms with E-state index < -0.39 is 5.91 Å².